The van der Waals surface area contributed by atoms with Gasteiger partial charge in [0.1, 0.15) is 0 Å². The van der Waals surface area contributed by atoms with Crippen LogP contribution >= 0.6 is 15.9 Å². The molecule has 0 bridgehead atoms. The molecule has 0 spiro atoms. The van der Waals surface area contributed by atoms with Crippen molar-refractivity contribution < 1.29 is 0 Å². The number of hydrogen-bond donors (Lipinski definition) is 1. The number of nitrogens with zero attached hydrogens (tertiary/aromatic N) is 1. The molecule has 14 heavy (non-hydrogen) atoms. The van der Waals surface area contributed by atoms with Crippen LogP contribution in [0.15, 0.2) is 22.8 Å². The van der Waals surface area contributed by atoms with Crippen LogP contribution in [0.4, 0.5) is 0 Å². The maximum atomic E-state index is 4.42. The molecule has 1 N–H and O–H groups in total. The molecule has 1 saturated carbocycles. The van der Waals surface area contributed by atoms with Gasteiger partial charge in [-0.3, -0.25) is 4.98 Å². The lowest BCUT2D eigenvalue weighted by Crippen LogP contribution is -2.18. The van der Waals surface area contributed by atoms with Crippen molar-refractivity contribution in [1.82, 2.24) is 10.3 Å². The van der Waals surface area contributed by atoms with E-state index >= 15 is 0 Å². The molecule has 1 heterocycles. The molecule has 1 aliphatic rings. The summed E-state index contributed by atoms with van der Waals surface area (Å²) in [6, 6.07) is 4.57. The first kappa shape index (κ1) is 10.1. The highest BCUT2D eigenvalue weighted by Crippen LogP contribution is 2.37. The number of rotatable bonds is 4. The Morgan fingerprint density at radius 3 is 2.86 bits per heavy atom. The van der Waals surface area contributed by atoms with Crippen LogP contribution in [0.2, 0.25) is 0 Å². The number of hydrogen-bond acceptors (Lipinski definition) is 2. The highest BCUT2D eigenvalue weighted by atomic mass is 79.9. The average molecular weight is 255 g/mol. The molecule has 2 nitrogen and oxygen atoms in total. The van der Waals surface area contributed by atoms with Crippen molar-refractivity contribution in [2.45, 2.75) is 25.3 Å². The van der Waals surface area contributed by atoms with Crippen molar-refractivity contribution in [2.75, 3.05) is 7.05 Å². The van der Waals surface area contributed by atoms with E-state index in [1.165, 1.54) is 19.3 Å². The second-order valence-corrected chi connectivity index (χ2v) is 4.84. The van der Waals surface area contributed by atoms with Gasteiger partial charge in [-0.2, -0.15) is 0 Å². The maximum absolute atomic E-state index is 4.42. The first-order valence-corrected chi connectivity index (χ1v) is 5.87. The smallest absolute Gasteiger partial charge is 0.0574 e. The summed E-state index contributed by atoms with van der Waals surface area (Å²) in [5, 5.41) is 3.33. The molecule has 0 aliphatic heterocycles. The van der Waals surface area contributed by atoms with E-state index in [9.17, 15) is 0 Å². The maximum Gasteiger partial charge on any atom is 0.0574 e. The minimum Gasteiger partial charge on any atom is -0.312 e. The van der Waals surface area contributed by atoms with Crippen molar-refractivity contribution in [2.24, 2.45) is 5.92 Å². The quantitative estimate of drug-likeness (QED) is 0.894. The van der Waals surface area contributed by atoms with Gasteiger partial charge in [-0.1, -0.05) is 12.8 Å². The van der Waals surface area contributed by atoms with Gasteiger partial charge in [0.15, 0.2) is 0 Å². The SMILES string of the molecule is CNC(CC1CC1)c1ccc(Br)cn1. The zero-order valence-corrected chi connectivity index (χ0v) is 9.92. The van der Waals surface area contributed by atoms with E-state index in [-0.39, 0.29) is 0 Å². The Morgan fingerprint density at radius 2 is 2.36 bits per heavy atom. The van der Waals surface area contributed by atoms with Crippen LogP contribution < -0.4 is 5.32 Å². The highest BCUT2D eigenvalue weighted by Gasteiger charge is 2.25. The minimum absolute atomic E-state index is 0.426. The van der Waals surface area contributed by atoms with Crippen molar-refractivity contribution in [1.29, 1.82) is 0 Å². The summed E-state index contributed by atoms with van der Waals surface area (Å²) >= 11 is 3.40. The highest BCUT2D eigenvalue weighted by molar-refractivity contribution is 9.10. The van der Waals surface area contributed by atoms with Gasteiger partial charge in [0.2, 0.25) is 0 Å². The second kappa shape index (κ2) is 4.41. The van der Waals surface area contributed by atoms with E-state index in [2.05, 4.69) is 38.4 Å². The summed E-state index contributed by atoms with van der Waals surface area (Å²) in [4.78, 5) is 4.42. The van der Waals surface area contributed by atoms with E-state index < -0.39 is 0 Å². The standard InChI is InChI=1S/C11H15BrN2/c1-13-11(6-8-2-3-8)10-5-4-9(12)7-14-10/h4-5,7-8,11,13H,2-3,6H2,1H3. The number of nitrogens with one attached hydrogen (secondary N) is 1. The Bertz CT molecular complexity index is 293. The van der Waals surface area contributed by atoms with Gasteiger partial charge in [-0.25, -0.2) is 0 Å². The third kappa shape index (κ3) is 2.55. The van der Waals surface area contributed by atoms with Gasteiger partial charge < -0.3 is 5.32 Å². The summed E-state index contributed by atoms with van der Waals surface area (Å²) in [5.74, 6) is 0.929. The molecule has 0 saturated heterocycles. The molecule has 1 atom stereocenters. The number of halogens is 1. The van der Waals surface area contributed by atoms with E-state index in [1.807, 2.05) is 13.2 Å². The van der Waals surface area contributed by atoms with Gasteiger partial charge in [0.25, 0.3) is 0 Å². The molecule has 1 fully saturated rings. The molecule has 1 aromatic heterocycles. The van der Waals surface area contributed by atoms with Crippen LogP contribution in [0.5, 0.6) is 0 Å². The largest absolute Gasteiger partial charge is 0.312 e. The van der Waals surface area contributed by atoms with Crippen LogP contribution in [-0.2, 0) is 0 Å². The molecular weight excluding hydrogens is 240 g/mol. The Morgan fingerprint density at radius 1 is 1.57 bits per heavy atom. The summed E-state index contributed by atoms with van der Waals surface area (Å²) in [6.45, 7) is 0. The molecule has 1 unspecified atom stereocenters. The van der Waals surface area contributed by atoms with Crippen LogP contribution in [0, 0.1) is 5.92 Å². The van der Waals surface area contributed by atoms with Crippen LogP contribution in [0.1, 0.15) is 31.0 Å². The second-order valence-electron chi connectivity index (χ2n) is 3.92. The molecule has 76 valence electrons. The van der Waals surface area contributed by atoms with Gasteiger partial charge in [-0.05, 0) is 47.4 Å². The Hall–Kier alpha value is -0.410. The molecule has 0 radical (unpaired) electrons. The van der Waals surface area contributed by atoms with E-state index in [1.54, 1.807) is 0 Å². The van der Waals surface area contributed by atoms with Gasteiger partial charge in [0.05, 0.1) is 5.69 Å². The zero-order chi connectivity index (χ0) is 9.97. The van der Waals surface area contributed by atoms with Gasteiger partial charge in [0, 0.05) is 16.7 Å². The lowest BCUT2D eigenvalue weighted by molar-refractivity contribution is 0.503. The normalized spacial score (nSPS) is 18.1. The third-order valence-electron chi connectivity index (χ3n) is 2.72. The average Bonchev–Trinajstić information content (AvgIpc) is 3.00. The van der Waals surface area contributed by atoms with Crippen molar-refractivity contribution in [3.05, 3.63) is 28.5 Å². The van der Waals surface area contributed by atoms with Crippen LogP contribution in [0.25, 0.3) is 0 Å². The zero-order valence-electron chi connectivity index (χ0n) is 8.33. The van der Waals surface area contributed by atoms with Crippen LogP contribution in [0.3, 0.4) is 0 Å². The lowest BCUT2D eigenvalue weighted by Gasteiger charge is -2.14. The third-order valence-corrected chi connectivity index (χ3v) is 3.19. The fourth-order valence-corrected chi connectivity index (χ4v) is 1.90. The Labute approximate surface area is 93.3 Å². The molecule has 1 aliphatic carbocycles. The predicted molar refractivity (Wildman–Crippen MR) is 61.1 cm³/mol. The predicted octanol–water partition coefficient (Wildman–Crippen LogP) is 2.90. The molecule has 2 rings (SSSR count). The summed E-state index contributed by atoms with van der Waals surface area (Å²) in [7, 11) is 2.01. The van der Waals surface area contributed by atoms with E-state index in [0.29, 0.717) is 6.04 Å². The fourth-order valence-electron chi connectivity index (χ4n) is 1.67. The Kier molecular flexibility index (Phi) is 3.19. The number of aromatic nitrogens is 1. The van der Waals surface area contributed by atoms with Crippen molar-refractivity contribution >= 4 is 15.9 Å². The molecule has 0 aromatic carbocycles. The van der Waals surface area contributed by atoms with Gasteiger partial charge in [-0.15, -0.1) is 0 Å². The summed E-state index contributed by atoms with van der Waals surface area (Å²) in [5.41, 5.74) is 1.16. The van der Waals surface area contributed by atoms with Crippen molar-refractivity contribution in [3.8, 4) is 0 Å². The monoisotopic (exact) mass is 254 g/mol. The Balaban J connectivity index is 2.05. The lowest BCUT2D eigenvalue weighted by atomic mass is 10.1. The number of pyridine rings is 1. The first-order valence-electron chi connectivity index (χ1n) is 5.08. The van der Waals surface area contributed by atoms with Crippen LogP contribution in [-0.4, -0.2) is 12.0 Å². The summed E-state index contributed by atoms with van der Waals surface area (Å²) in [6.07, 6.45) is 5.89. The molecule has 1 aromatic rings. The minimum atomic E-state index is 0.426. The topological polar surface area (TPSA) is 24.9 Å². The molecule has 0 amide bonds. The van der Waals surface area contributed by atoms with E-state index in [0.717, 1.165) is 16.1 Å². The summed E-state index contributed by atoms with van der Waals surface area (Å²) < 4.78 is 1.04. The molecular formula is C11H15BrN2. The van der Waals surface area contributed by atoms with E-state index in [4.69, 9.17) is 0 Å². The first-order chi connectivity index (χ1) is 6.79. The molecule has 3 heteroatoms. The fraction of sp³-hybridized carbons (Fsp3) is 0.545. The van der Waals surface area contributed by atoms with Crippen molar-refractivity contribution in [3.63, 3.8) is 0 Å². The van der Waals surface area contributed by atoms with Gasteiger partial charge >= 0.3 is 0 Å².